The molecule has 8 heavy (non-hydrogen) atoms. The predicted octanol–water partition coefficient (Wildman–Crippen LogP) is 0.214. The van der Waals surface area contributed by atoms with Gasteiger partial charge in [0.05, 0.1) is 6.07 Å². The Kier molecular flexibility index (Phi) is 5.33. The molecule has 0 atom stereocenters. The van der Waals surface area contributed by atoms with Gasteiger partial charge in [0.1, 0.15) is 6.67 Å². The van der Waals surface area contributed by atoms with Gasteiger partial charge in [-0.1, -0.05) is 5.18 Å². The van der Waals surface area contributed by atoms with Gasteiger partial charge in [-0.05, 0) is 0 Å². The lowest BCUT2D eigenvalue weighted by Gasteiger charge is -1.88. The molecule has 0 aromatic rings. The van der Waals surface area contributed by atoms with Gasteiger partial charge < -0.3 is 0 Å². The maximum Gasteiger partial charge on any atom is 0.131 e. The van der Waals surface area contributed by atoms with E-state index < -0.39 is 0 Å². The average Bonchev–Trinajstić information content (AvgIpc) is 1.81. The van der Waals surface area contributed by atoms with Crippen LogP contribution in [0.15, 0.2) is 5.18 Å². The fourth-order valence-corrected chi connectivity index (χ4v) is 0.269. The second kappa shape index (κ2) is 6.05. The second-order valence-corrected chi connectivity index (χ2v) is 1.20. The van der Waals surface area contributed by atoms with E-state index in [9.17, 15) is 4.91 Å². The molecule has 0 aromatic heterocycles. The number of nitrogens with one attached hydrogen (secondary N) is 1. The monoisotopic (exact) mass is 113 g/mol. The third-order valence-electron chi connectivity index (χ3n) is 0.590. The summed E-state index contributed by atoms with van der Waals surface area (Å²) in [6.07, 6.45) is 0.426. The standard InChI is InChI=1S/C4H7N3O/c5-2-1-3-6-4-7-8/h6H,1,3-4H2. The summed E-state index contributed by atoms with van der Waals surface area (Å²) in [4.78, 5) is 9.37. The highest BCUT2D eigenvalue weighted by molar-refractivity contribution is 4.69. The summed E-state index contributed by atoms with van der Waals surface area (Å²) >= 11 is 0. The highest BCUT2D eigenvalue weighted by Gasteiger charge is 1.80. The van der Waals surface area contributed by atoms with Gasteiger partial charge in [-0.3, -0.25) is 5.32 Å². The largest absolute Gasteiger partial charge is 0.294 e. The zero-order valence-corrected chi connectivity index (χ0v) is 4.42. The van der Waals surface area contributed by atoms with Crippen molar-refractivity contribution in [2.24, 2.45) is 5.18 Å². The van der Waals surface area contributed by atoms with E-state index in [1.807, 2.05) is 6.07 Å². The number of nitrogens with zero attached hydrogens (tertiary/aromatic N) is 2. The van der Waals surface area contributed by atoms with E-state index >= 15 is 0 Å². The van der Waals surface area contributed by atoms with Gasteiger partial charge in [-0.15, -0.1) is 4.91 Å². The lowest BCUT2D eigenvalue weighted by atomic mass is 10.5. The maximum atomic E-state index is 9.37. The second-order valence-electron chi connectivity index (χ2n) is 1.20. The van der Waals surface area contributed by atoms with E-state index in [1.54, 1.807) is 0 Å². The van der Waals surface area contributed by atoms with Gasteiger partial charge in [0.25, 0.3) is 0 Å². The Morgan fingerprint density at radius 1 is 1.75 bits per heavy atom. The Morgan fingerprint density at radius 2 is 2.50 bits per heavy atom. The van der Waals surface area contributed by atoms with Crippen molar-refractivity contribution in [1.29, 1.82) is 5.26 Å². The highest BCUT2D eigenvalue weighted by Crippen LogP contribution is 1.68. The molecule has 0 aromatic carbocycles. The minimum atomic E-state index is 0.0989. The molecule has 0 aliphatic rings. The Labute approximate surface area is 47.5 Å². The van der Waals surface area contributed by atoms with Crippen molar-refractivity contribution < 1.29 is 0 Å². The minimum Gasteiger partial charge on any atom is -0.294 e. The van der Waals surface area contributed by atoms with Crippen LogP contribution in [-0.4, -0.2) is 13.2 Å². The fraction of sp³-hybridized carbons (Fsp3) is 0.750. The van der Waals surface area contributed by atoms with Gasteiger partial charge in [-0.2, -0.15) is 5.26 Å². The maximum absolute atomic E-state index is 9.37. The van der Waals surface area contributed by atoms with Crippen LogP contribution in [0, 0.1) is 16.2 Å². The summed E-state index contributed by atoms with van der Waals surface area (Å²) in [5.41, 5.74) is 0. The summed E-state index contributed by atoms with van der Waals surface area (Å²) < 4.78 is 0. The molecule has 0 fully saturated rings. The molecule has 0 saturated heterocycles. The van der Waals surface area contributed by atoms with Crippen LogP contribution in [-0.2, 0) is 0 Å². The van der Waals surface area contributed by atoms with Crippen molar-refractivity contribution in [2.75, 3.05) is 13.2 Å². The first-order chi connectivity index (χ1) is 3.91. The van der Waals surface area contributed by atoms with Crippen molar-refractivity contribution >= 4 is 0 Å². The smallest absolute Gasteiger partial charge is 0.131 e. The zero-order chi connectivity index (χ0) is 6.24. The lowest BCUT2D eigenvalue weighted by Crippen LogP contribution is -2.13. The van der Waals surface area contributed by atoms with Crippen molar-refractivity contribution in [3.63, 3.8) is 0 Å². The quantitative estimate of drug-likeness (QED) is 0.418. The molecule has 0 radical (unpaired) electrons. The number of hydrogen-bond acceptors (Lipinski definition) is 4. The molecule has 0 aliphatic heterocycles. The molecule has 4 nitrogen and oxygen atoms in total. The van der Waals surface area contributed by atoms with E-state index in [-0.39, 0.29) is 6.67 Å². The van der Waals surface area contributed by atoms with Crippen LogP contribution in [0.5, 0.6) is 0 Å². The molecule has 0 aliphatic carbocycles. The van der Waals surface area contributed by atoms with Crippen LogP contribution < -0.4 is 5.32 Å². The first-order valence-electron chi connectivity index (χ1n) is 2.28. The molecular weight excluding hydrogens is 106 g/mol. The minimum absolute atomic E-state index is 0.0989. The number of nitriles is 1. The van der Waals surface area contributed by atoms with Crippen molar-refractivity contribution in [3.05, 3.63) is 4.91 Å². The van der Waals surface area contributed by atoms with Crippen molar-refractivity contribution in [3.8, 4) is 6.07 Å². The van der Waals surface area contributed by atoms with Crippen LogP contribution >= 0.6 is 0 Å². The normalized spacial score (nSPS) is 7.88. The molecule has 0 spiro atoms. The topological polar surface area (TPSA) is 65.2 Å². The number of hydrogen-bond donors (Lipinski definition) is 1. The van der Waals surface area contributed by atoms with Crippen LogP contribution in [0.4, 0.5) is 0 Å². The fourth-order valence-electron chi connectivity index (χ4n) is 0.269. The van der Waals surface area contributed by atoms with E-state index in [0.717, 1.165) is 0 Å². The number of nitroso groups, excluding NO2 is 1. The SMILES string of the molecule is N#CCCNCN=O. The first-order valence-corrected chi connectivity index (χ1v) is 2.28. The molecule has 0 amide bonds. The van der Waals surface area contributed by atoms with Gasteiger partial charge >= 0.3 is 0 Å². The zero-order valence-electron chi connectivity index (χ0n) is 4.42. The molecule has 0 rings (SSSR count). The molecule has 0 saturated carbocycles. The van der Waals surface area contributed by atoms with Crippen LogP contribution in [0.2, 0.25) is 0 Å². The molecule has 4 heteroatoms. The molecule has 44 valence electrons. The van der Waals surface area contributed by atoms with Crippen molar-refractivity contribution in [2.45, 2.75) is 6.42 Å². The van der Waals surface area contributed by atoms with Crippen LogP contribution in [0.3, 0.4) is 0 Å². The third kappa shape index (κ3) is 5.05. The first kappa shape index (κ1) is 7.05. The van der Waals surface area contributed by atoms with Gasteiger partial charge in [0.15, 0.2) is 0 Å². The lowest BCUT2D eigenvalue weighted by molar-refractivity contribution is 0.712. The summed E-state index contributed by atoms with van der Waals surface area (Å²) in [5.74, 6) is 0. The predicted molar refractivity (Wildman–Crippen MR) is 28.9 cm³/mol. The Hall–Kier alpha value is -0.950. The van der Waals surface area contributed by atoms with Gasteiger partial charge in [0, 0.05) is 13.0 Å². The highest BCUT2D eigenvalue weighted by atomic mass is 16.3. The van der Waals surface area contributed by atoms with E-state index in [4.69, 9.17) is 5.26 Å². The van der Waals surface area contributed by atoms with Gasteiger partial charge in [0.2, 0.25) is 0 Å². The summed E-state index contributed by atoms with van der Waals surface area (Å²) in [5, 5.41) is 13.1. The van der Waals surface area contributed by atoms with Crippen LogP contribution in [0.25, 0.3) is 0 Å². The van der Waals surface area contributed by atoms with Crippen LogP contribution in [0.1, 0.15) is 6.42 Å². The summed E-state index contributed by atoms with van der Waals surface area (Å²) in [6, 6.07) is 1.92. The molecule has 1 N–H and O–H groups in total. The Morgan fingerprint density at radius 3 is 3.00 bits per heavy atom. The summed E-state index contributed by atoms with van der Waals surface area (Å²) in [7, 11) is 0. The Balaban J connectivity index is 2.74. The number of rotatable bonds is 4. The molecule has 0 unspecified atom stereocenters. The summed E-state index contributed by atoms with van der Waals surface area (Å²) in [6.45, 7) is 0.643. The van der Waals surface area contributed by atoms with E-state index in [0.29, 0.717) is 13.0 Å². The molecule has 0 bridgehead atoms. The van der Waals surface area contributed by atoms with Crippen molar-refractivity contribution in [1.82, 2.24) is 5.32 Å². The van der Waals surface area contributed by atoms with E-state index in [1.165, 1.54) is 0 Å². The third-order valence-corrected chi connectivity index (χ3v) is 0.590. The average molecular weight is 113 g/mol. The Bertz CT molecular complexity index is 95.9. The van der Waals surface area contributed by atoms with E-state index in [2.05, 4.69) is 10.5 Å². The molecule has 0 heterocycles. The molecular formula is C4H7N3O. The van der Waals surface area contributed by atoms with Gasteiger partial charge in [-0.25, -0.2) is 0 Å².